The summed E-state index contributed by atoms with van der Waals surface area (Å²) in [7, 11) is 0. The Balaban J connectivity index is 1.86. The molecule has 1 aliphatic heterocycles. The first-order valence-corrected chi connectivity index (χ1v) is 8.05. The molecular weight excluding hydrogens is 295 g/mol. The van der Waals surface area contributed by atoms with Crippen LogP contribution in [0.1, 0.15) is 40.0 Å². The lowest BCUT2D eigenvalue weighted by Gasteiger charge is -2.33. The molecule has 1 heterocycles. The Morgan fingerprint density at radius 1 is 1.27 bits per heavy atom. The Hall–Kier alpha value is -0.980. The Kier molecular flexibility index (Phi) is 5.25. The second-order valence-electron chi connectivity index (χ2n) is 6.91. The zero-order chi connectivity index (χ0) is 16.5. The largest absolute Gasteiger partial charge is 0.401 e. The molecule has 0 bridgehead atoms. The van der Waals surface area contributed by atoms with E-state index in [1.54, 1.807) is 0 Å². The monoisotopic (exact) mass is 321 g/mol. The van der Waals surface area contributed by atoms with E-state index in [9.17, 15) is 18.0 Å². The van der Waals surface area contributed by atoms with Gasteiger partial charge in [0.05, 0.1) is 6.54 Å². The van der Waals surface area contributed by atoms with E-state index in [1.807, 2.05) is 11.8 Å². The number of urea groups is 1. The highest BCUT2D eigenvalue weighted by molar-refractivity contribution is 5.75. The number of likely N-dealkylation sites (tertiary alicyclic amines) is 1. The van der Waals surface area contributed by atoms with Gasteiger partial charge in [-0.2, -0.15) is 13.2 Å². The van der Waals surface area contributed by atoms with Crippen molar-refractivity contribution in [2.24, 2.45) is 5.92 Å². The van der Waals surface area contributed by atoms with Gasteiger partial charge in [0.25, 0.3) is 0 Å². The van der Waals surface area contributed by atoms with Crippen molar-refractivity contribution < 1.29 is 18.0 Å². The first-order chi connectivity index (χ1) is 10.2. The van der Waals surface area contributed by atoms with Crippen molar-refractivity contribution in [2.45, 2.75) is 64.3 Å². The third-order valence-electron chi connectivity index (χ3n) is 4.58. The van der Waals surface area contributed by atoms with E-state index in [1.165, 1.54) is 4.90 Å². The second kappa shape index (κ2) is 6.64. The number of carbonyl (C=O) groups excluding carboxylic acids is 1. The van der Waals surface area contributed by atoms with E-state index in [2.05, 4.69) is 19.2 Å². The minimum absolute atomic E-state index is 0.123. The van der Waals surface area contributed by atoms with Crippen molar-refractivity contribution >= 4 is 6.03 Å². The molecule has 0 aromatic rings. The van der Waals surface area contributed by atoms with Crippen LogP contribution in [0.5, 0.6) is 0 Å². The lowest BCUT2D eigenvalue weighted by Crippen LogP contribution is -2.51. The Labute approximate surface area is 130 Å². The maximum atomic E-state index is 12.5. The molecule has 7 heteroatoms. The van der Waals surface area contributed by atoms with Crippen LogP contribution < -0.4 is 5.32 Å². The summed E-state index contributed by atoms with van der Waals surface area (Å²) in [6.45, 7) is 5.95. The lowest BCUT2D eigenvalue weighted by molar-refractivity contribution is -0.143. The van der Waals surface area contributed by atoms with Gasteiger partial charge in [0.15, 0.2) is 0 Å². The van der Waals surface area contributed by atoms with E-state index < -0.39 is 12.7 Å². The fourth-order valence-electron chi connectivity index (χ4n) is 2.95. The summed E-state index contributed by atoms with van der Waals surface area (Å²) in [6, 6.07) is 0.128. The van der Waals surface area contributed by atoms with Crippen LogP contribution in [-0.4, -0.2) is 59.8 Å². The molecule has 2 rings (SSSR count). The van der Waals surface area contributed by atoms with Crippen LogP contribution in [0.4, 0.5) is 18.0 Å². The van der Waals surface area contributed by atoms with Gasteiger partial charge in [-0.3, -0.25) is 4.90 Å². The summed E-state index contributed by atoms with van der Waals surface area (Å²) in [5, 5.41) is 2.93. The predicted molar refractivity (Wildman–Crippen MR) is 78.6 cm³/mol. The summed E-state index contributed by atoms with van der Waals surface area (Å²) >= 11 is 0. The van der Waals surface area contributed by atoms with E-state index in [0.29, 0.717) is 24.9 Å². The number of nitrogens with one attached hydrogen (secondary N) is 1. The quantitative estimate of drug-likeness (QED) is 0.845. The molecule has 2 atom stereocenters. The van der Waals surface area contributed by atoms with Crippen molar-refractivity contribution in [3.63, 3.8) is 0 Å². The second-order valence-corrected chi connectivity index (χ2v) is 6.91. The number of halogens is 3. The van der Waals surface area contributed by atoms with Crippen molar-refractivity contribution in [1.82, 2.24) is 15.1 Å². The first-order valence-electron chi connectivity index (χ1n) is 8.05. The van der Waals surface area contributed by atoms with Crippen molar-refractivity contribution in [3.8, 4) is 0 Å². The molecule has 2 amide bonds. The van der Waals surface area contributed by atoms with Gasteiger partial charge in [-0.1, -0.05) is 13.8 Å². The minimum atomic E-state index is -4.18. The summed E-state index contributed by atoms with van der Waals surface area (Å²) < 4.78 is 37.2. The number of amides is 2. The van der Waals surface area contributed by atoms with Gasteiger partial charge >= 0.3 is 12.2 Å². The smallest absolute Gasteiger partial charge is 0.334 e. The zero-order valence-corrected chi connectivity index (χ0v) is 13.5. The molecule has 0 unspecified atom stereocenters. The molecule has 0 spiro atoms. The molecule has 0 aromatic carbocycles. The molecule has 2 aliphatic rings. The third-order valence-corrected chi connectivity index (χ3v) is 4.58. The maximum absolute atomic E-state index is 12.5. The Morgan fingerprint density at radius 2 is 1.91 bits per heavy atom. The number of carbonyl (C=O) groups is 1. The summed E-state index contributed by atoms with van der Waals surface area (Å²) in [4.78, 5) is 15.7. The summed E-state index contributed by atoms with van der Waals surface area (Å²) in [5.41, 5.74) is 0. The van der Waals surface area contributed by atoms with Gasteiger partial charge in [0.1, 0.15) is 0 Å². The van der Waals surface area contributed by atoms with Crippen molar-refractivity contribution in [1.29, 1.82) is 0 Å². The lowest BCUT2D eigenvalue weighted by atomic mass is 10.0. The Bertz CT molecular complexity index is 396. The molecule has 1 N–H and O–H groups in total. The van der Waals surface area contributed by atoms with E-state index in [-0.39, 0.29) is 24.7 Å². The van der Waals surface area contributed by atoms with Gasteiger partial charge in [-0.05, 0) is 32.1 Å². The third kappa shape index (κ3) is 4.76. The van der Waals surface area contributed by atoms with Crippen LogP contribution in [0.2, 0.25) is 0 Å². The van der Waals surface area contributed by atoms with Gasteiger partial charge in [0, 0.05) is 31.2 Å². The van der Waals surface area contributed by atoms with E-state index >= 15 is 0 Å². The highest BCUT2D eigenvalue weighted by Crippen LogP contribution is 2.31. The van der Waals surface area contributed by atoms with Gasteiger partial charge in [0.2, 0.25) is 0 Å². The summed E-state index contributed by atoms with van der Waals surface area (Å²) in [6.07, 6.45) is -1.55. The van der Waals surface area contributed by atoms with Crippen LogP contribution in [0.25, 0.3) is 0 Å². The molecule has 22 heavy (non-hydrogen) atoms. The average Bonchev–Trinajstić information content (AvgIpc) is 3.10. The van der Waals surface area contributed by atoms with Gasteiger partial charge < -0.3 is 10.2 Å². The molecule has 1 aliphatic carbocycles. The predicted octanol–water partition coefficient (Wildman–Crippen LogP) is 2.84. The van der Waals surface area contributed by atoms with Crippen molar-refractivity contribution in [2.75, 3.05) is 19.6 Å². The summed E-state index contributed by atoms with van der Waals surface area (Å²) in [5.74, 6) is 0.358. The molecule has 128 valence electrons. The maximum Gasteiger partial charge on any atom is 0.401 e. The molecule has 0 aromatic heterocycles. The number of nitrogens with zero attached hydrogens (tertiary/aromatic N) is 2. The highest BCUT2D eigenvalue weighted by atomic mass is 19.4. The molecule has 1 saturated heterocycles. The SMILES string of the molecule is CC(C)[C@H](C)N(C(=O)N[C@H]1CCN(CC(F)(F)F)C1)C1CC1. The number of hydrogen-bond donors (Lipinski definition) is 1. The van der Waals surface area contributed by atoms with Crippen LogP contribution in [0, 0.1) is 5.92 Å². The van der Waals surface area contributed by atoms with Crippen LogP contribution >= 0.6 is 0 Å². The van der Waals surface area contributed by atoms with Crippen molar-refractivity contribution in [3.05, 3.63) is 0 Å². The topological polar surface area (TPSA) is 35.6 Å². The highest BCUT2D eigenvalue weighted by Gasteiger charge is 2.39. The van der Waals surface area contributed by atoms with E-state index in [4.69, 9.17) is 0 Å². The fourth-order valence-corrected chi connectivity index (χ4v) is 2.95. The van der Waals surface area contributed by atoms with Gasteiger partial charge in [-0.15, -0.1) is 0 Å². The molecule has 2 fully saturated rings. The number of rotatable bonds is 5. The minimum Gasteiger partial charge on any atom is -0.334 e. The van der Waals surface area contributed by atoms with Crippen LogP contribution in [0.15, 0.2) is 0 Å². The standard InChI is InChI=1S/C15H26F3N3O/c1-10(2)11(3)21(13-4-5-13)14(22)19-12-6-7-20(8-12)9-15(16,17)18/h10-13H,4-9H2,1-3H3,(H,19,22)/t11-,12-/m0/s1. The average molecular weight is 321 g/mol. The zero-order valence-electron chi connectivity index (χ0n) is 13.5. The van der Waals surface area contributed by atoms with Crippen LogP contribution in [0.3, 0.4) is 0 Å². The van der Waals surface area contributed by atoms with Gasteiger partial charge in [-0.25, -0.2) is 4.79 Å². The Morgan fingerprint density at radius 3 is 2.41 bits per heavy atom. The molecule has 4 nitrogen and oxygen atoms in total. The van der Waals surface area contributed by atoms with Crippen LogP contribution in [-0.2, 0) is 0 Å². The molecule has 1 saturated carbocycles. The normalized spacial score (nSPS) is 24.6. The van der Waals surface area contributed by atoms with E-state index in [0.717, 1.165) is 12.8 Å². The number of alkyl halides is 3. The number of hydrogen-bond acceptors (Lipinski definition) is 2. The fraction of sp³-hybridized carbons (Fsp3) is 0.933. The first kappa shape index (κ1) is 17.4. The molecule has 0 radical (unpaired) electrons. The molecular formula is C15H26F3N3O.